The van der Waals surface area contributed by atoms with Gasteiger partial charge in [-0.15, -0.1) is 0 Å². The van der Waals surface area contributed by atoms with Crippen molar-refractivity contribution < 1.29 is 26.0 Å². The van der Waals surface area contributed by atoms with E-state index in [1.165, 1.54) is 91.9 Å². The van der Waals surface area contributed by atoms with Crippen LogP contribution in [0.3, 0.4) is 0 Å². The van der Waals surface area contributed by atoms with Crippen molar-refractivity contribution in [3.05, 3.63) is 82.7 Å². The molecule has 11 heteroatoms. The zero-order valence-corrected chi connectivity index (χ0v) is 27.9. The molecule has 0 N–H and O–H groups in total. The van der Waals surface area contributed by atoms with Gasteiger partial charge in [0.25, 0.3) is 0 Å². The van der Waals surface area contributed by atoms with Gasteiger partial charge in [-0.05, 0) is 99.0 Å². The number of halogens is 4. The Morgan fingerprint density at radius 3 is 2.30 bits per heavy atom. The number of benzene rings is 2. The molecule has 1 saturated heterocycles. The lowest BCUT2D eigenvalue weighted by atomic mass is 9.76. The molecule has 0 bridgehead atoms. The third kappa shape index (κ3) is 8.28. The van der Waals surface area contributed by atoms with Gasteiger partial charge >= 0.3 is 6.18 Å². The highest BCUT2D eigenvalue weighted by atomic mass is 32.2. The summed E-state index contributed by atoms with van der Waals surface area (Å²) in [5, 5.41) is 4.94. The van der Waals surface area contributed by atoms with Crippen molar-refractivity contribution in [2.45, 2.75) is 83.5 Å². The van der Waals surface area contributed by atoms with Crippen LogP contribution in [0, 0.1) is 24.1 Å². The van der Waals surface area contributed by atoms with Crippen LogP contribution in [0.5, 0.6) is 0 Å². The number of fused-ring (bicyclic) bond motifs is 1. The highest BCUT2D eigenvalue weighted by Crippen LogP contribution is 2.38. The van der Waals surface area contributed by atoms with E-state index < -0.39 is 27.6 Å². The molecule has 2 aromatic carbocycles. The van der Waals surface area contributed by atoms with Gasteiger partial charge < -0.3 is 4.90 Å². The van der Waals surface area contributed by atoms with Crippen LogP contribution in [-0.2, 0) is 42.1 Å². The second-order valence-corrected chi connectivity index (χ2v) is 15.6. The Kier molecular flexibility index (Phi) is 10.4. The van der Waals surface area contributed by atoms with E-state index in [1.807, 2.05) is 4.68 Å². The molecule has 3 aliphatic rings. The first kappa shape index (κ1) is 34.1. The number of aryl methyl sites for hydroxylation is 1. The normalized spacial score (nSPS) is 19.3. The van der Waals surface area contributed by atoms with Crippen molar-refractivity contribution in [1.29, 1.82) is 0 Å². The zero-order chi connectivity index (χ0) is 33.2. The second kappa shape index (κ2) is 14.4. The number of rotatable bonds is 10. The number of piperidine rings is 1. The van der Waals surface area contributed by atoms with Crippen LogP contribution in [0.2, 0.25) is 0 Å². The van der Waals surface area contributed by atoms with E-state index in [0.717, 1.165) is 55.2 Å². The number of likely N-dealkylation sites (tertiary alicyclic amines) is 1. The monoisotopic (exact) mass is 673 g/mol. The molecule has 1 radical (unpaired) electrons. The molecule has 3 aromatic rings. The molecular weight excluding hydrogens is 628 g/mol. The SMILES string of the molecule is CS(=O)(=O)N1CCc2c(c(-c3ccc(C(F)(F)F)c(C[CH]c4ccc(F)cc4)c3)nn2CCCN2CCC(C3CCCCC3)CC2)C1. The van der Waals surface area contributed by atoms with Crippen molar-refractivity contribution in [2.75, 3.05) is 32.4 Å². The Balaban J connectivity index is 1.21. The van der Waals surface area contributed by atoms with E-state index in [2.05, 4.69) is 4.90 Å². The fraction of sp³-hybridized carbons (Fsp3) is 0.556. The number of sulfonamides is 1. The van der Waals surface area contributed by atoms with Crippen molar-refractivity contribution in [1.82, 2.24) is 19.0 Å². The summed E-state index contributed by atoms with van der Waals surface area (Å²) in [7, 11) is -3.47. The van der Waals surface area contributed by atoms with E-state index in [-0.39, 0.29) is 18.5 Å². The van der Waals surface area contributed by atoms with Gasteiger partial charge in [0.1, 0.15) is 5.82 Å². The first-order valence-electron chi connectivity index (χ1n) is 17.0. The molecule has 1 saturated carbocycles. The van der Waals surface area contributed by atoms with E-state index in [0.29, 0.717) is 36.3 Å². The first-order chi connectivity index (χ1) is 22.5. The highest BCUT2D eigenvalue weighted by Gasteiger charge is 2.35. The lowest BCUT2D eigenvalue weighted by Gasteiger charge is -2.37. The Morgan fingerprint density at radius 2 is 1.62 bits per heavy atom. The molecule has 1 aromatic heterocycles. The third-order valence-electron chi connectivity index (χ3n) is 10.5. The zero-order valence-electron chi connectivity index (χ0n) is 27.1. The minimum Gasteiger partial charge on any atom is -0.303 e. The lowest BCUT2D eigenvalue weighted by Crippen LogP contribution is -2.37. The van der Waals surface area contributed by atoms with Crippen molar-refractivity contribution in [2.24, 2.45) is 11.8 Å². The molecular formula is C36H45F4N4O2S. The molecule has 2 aliphatic heterocycles. The van der Waals surface area contributed by atoms with E-state index in [9.17, 15) is 26.0 Å². The summed E-state index contributed by atoms with van der Waals surface area (Å²) in [6.45, 7) is 4.34. The van der Waals surface area contributed by atoms with E-state index in [1.54, 1.807) is 6.42 Å². The number of hydrogen-bond donors (Lipinski definition) is 0. The minimum atomic E-state index is -4.55. The summed E-state index contributed by atoms with van der Waals surface area (Å²) in [4.78, 5) is 2.54. The topological polar surface area (TPSA) is 58.4 Å². The maximum absolute atomic E-state index is 14.1. The second-order valence-electron chi connectivity index (χ2n) is 13.6. The van der Waals surface area contributed by atoms with Crippen molar-refractivity contribution in [3.63, 3.8) is 0 Å². The minimum absolute atomic E-state index is 0.00980. The van der Waals surface area contributed by atoms with Gasteiger partial charge in [0.05, 0.1) is 17.5 Å². The van der Waals surface area contributed by atoms with Crippen LogP contribution in [0.4, 0.5) is 17.6 Å². The third-order valence-corrected chi connectivity index (χ3v) is 11.7. The smallest absolute Gasteiger partial charge is 0.303 e. The largest absolute Gasteiger partial charge is 0.416 e. The van der Waals surface area contributed by atoms with Crippen LogP contribution in [-0.4, -0.2) is 59.8 Å². The number of aromatic nitrogens is 2. The van der Waals surface area contributed by atoms with Crippen LogP contribution in [0.1, 0.15) is 79.3 Å². The molecule has 47 heavy (non-hydrogen) atoms. The predicted octanol–water partition coefficient (Wildman–Crippen LogP) is 7.50. The van der Waals surface area contributed by atoms with Crippen LogP contribution in [0.25, 0.3) is 11.3 Å². The van der Waals surface area contributed by atoms with Gasteiger partial charge in [-0.1, -0.05) is 50.3 Å². The van der Waals surface area contributed by atoms with Gasteiger partial charge in [0.2, 0.25) is 10.0 Å². The maximum Gasteiger partial charge on any atom is 0.416 e. The average Bonchev–Trinajstić information content (AvgIpc) is 3.42. The van der Waals surface area contributed by atoms with Crippen molar-refractivity contribution in [3.8, 4) is 11.3 Å². The summed E-state index contributed by atoms with van der Waals surface area (Å²) in [6, 6.07) is 9.66. The highest BCUT2D eigenvalue weighted by molar-refractivity contribution is 7.88. The van der Waals surface area contributed by atoms with Crippen LogP contribution >= 0.6 is 0 Å². The van der Waals surface area contributed by atoms with Gasteiger partial charge in [-0.3, -0.25) is 4.68 Å². The summed E-state index contributed by atoms with van der Waals surface area (Å²) in [5.74, 6) is 1.34. The molecule has 6 rings (SSSR count). The quantitative estimate of drug-likeness (QED) is 0.209. The van der Waals surface area contributed by atoms with E-state index >= 15 is 0 Å². The predicted molar refractivity (Wildman–Crippen MR) is 175 cm³/mol. The molecule has 3 heterocycles. The fourth-order valence-electron chi connectivity index (χ4n) is 7.88. The Morgan fingerprint density at radius 1 is 0.915 bits per heavy atom. The summed E-state index contributed by atoms with van der Waals surface area (Å²) >= 11 is 0. The van der Waals surface area contributed by atoms with Gasteiger partial charge in [0.15, 0.2) is 0 Å². The first-order valence-corrected chi connectivity index (χ1v) is 18.9. The molecule has 255 valence electrons. The number of nitrogens with zero attached hydrogens (tertiary/aromatic N) is 4. The number of alkyl halides is 3. The average molecular weight is 674 g/mol. The maximum atomic E-state index is 14.1. The molecule has 1 aliphatic carbocycles. The number of hydrogen-bond acceptors (Lipinski definition) is 4. The molecule has 0 atom stereocenters. The molecule has 0 spiro atoms. The summed E-state index contributed by atoms with van der Waals surface area (Å²) in [5.41, 5.74) is 2.72. The van der Waals surface area contributed by atoms with Gasteiger partial charge in [-0.25, -0.2) is 12.8 Å². The van der Waals surface area contributed by atoms with Gasteiger partial charge in [-0.2, -0.15) is 22.6 Å². The van der Waals surface area contributed by atoms with Crippen LogP contribution in [0.15, 0.2) is 42.5 Å². The van der Waals surface area contributed by atoms with Gasteiger partial charge in [0, 0.05) is 42.9 Å². The molecule has 6 nitrogen and oxygen atoms in total. The standard InChI is InChI=1S/C36H45F4N4O2S/c1-47(45,46)43-23-18-34-32(25-43)35(41-44(34)20-5-19-42-21-16-28(17-22-42)27-6-3-2-4-7-27)30-12-15-33(36(38,39)40)29(24-30)11-8-26-9-13-31(37)14-10-26/h8-10,12-15,24,27-28H,2-7,11,16-23,25H2,1H3. The lowest BCUT2D eigenvalue weighted by molar-refractivity contribution is -0.138. The van der Waals surface area contributed by atoms with E-state index in [4.69, 9.17) is 5.10 Å². The Labute approximate surface area is 276 Å². The summed E-state index contributed by atoms with van der Waals surface area (Å²) < 4.78 is 84.0. The Bertz CT molecular complexity index is 1620. The van der Waals surface area contributed by atoms with Crippen LogP contribution < -0.4 is 0 Å². The van der Waals surface area contributed by atoms with Crippen molar-refractivity contribution >= 4 is 10.0 Å². The molecule has 0 amide bonds. The Hall–Kier alpha value is -2.76. The fourth-order valence-corrected chi connectivity index (χ4v) is 8.66. The summed E-state index contributed by atoms with van der Waals surface area (Å²) in [6.07, 6.45) is 9.10. The molecule has 2 fully saturated rings. The molecule has 0 unspecified atom stereocenters.